The van der Waals surface area contributed by atoms with E-state index >= 15 is 0 Å². The highest BCUT2D eigenvalue weighted by Crippen LogP contribution is 2.33. The van der Waals surface area contributed by atoms with Crippen LogP contribution in [0.4, 0.5) is 10.3 Å². The van der Waals surface area contributed by atoms with Crippen LogP contribution in [0.25, 0.3) is 28.0 Å². The van der Waals surface area contributed by atoms with E-state index < -0.39 is 11.5 Å². The van der Waals surface area contributed by atoms with Crippen LogP contribution in [-0.4, -0.2) is 34.3 Å². The molecule has 4 aromatic heterocycles. The summed E-state index contributed by atoms with van der Waals surface area (Å²) >= 11 is 0. The first kappa shape index (κ1) is 18.6. The minimum absolute atomic E-state index is 0.00272. The van der Waals surface area contributed by atoms with Gasteiger partial charge in [0, 0.05) is 11.1 Å². The number of pyridine rings is 1. The Bertz CT molecular complexity index is 1430. The summed E-state index contributed by atoms with van der Waals surface area (Å²) in [5.41, 5.74) is 9.16. The maximum absolute atomic E-state index is 13.2. The largest absolute Gasteiger partial charge is 0.369 e. The number of nitrogen functional groups attached to an aromatic ring is 1. The van der Waals surface area contributed by atoms with E-state index in [4.69, 9.17) is 5.73 Å². The van der Waals surface area contributed by atoms with Crippen molar-refractivity contribution in [2.45, 2.75) is 6.54 Å². The van der Waals surface area contributed by atoms with Crippen LogP contribution in [0.5, 0.6) is 0 Å². The average molecular weight is 414 g/mol. The van der Waals surface area contributed by atoms with Crippen LogP contribution in [0.2, 0.25) is 0 Å². The summed E-state index contributed by atoms with van der Waals surface area (Å²) in [5.74, 6) is -0.456. The maximum atomic E-state index is 13.2. The predicted molar refractivity (Wildman–Crippen MR) is 111 cm³/mol. The molecule has 0 aliphatic rings. The van der Waals surface area contributed by atoms with Crippen molar-refractivity contribution in [2.24, 2.45) is 0 Å². The molecule has 2 N–H and O–H groups in total. The number of nitrogens with two attached hydrogens (primary N) is 1. The minimum atomic E-state index is -0.478. The molecule has 0 saturated carbocycles. The standard InChI is InChI=1S/C21H15FN8O/c22-15-6-7-16(24-11-15)12-29-21(31)30-19(28-29)17(14-8-9-25-26-10-14)18(27-20(30)23)13-4-2-1-3-5-13/h1-11H,12H2,(H2,23,27). The normalized spacial score (nSPS) is 11.1. The third-order valence-electron chi connectivity index (χ3n) is 4.78. The SMILES string of the molecule is Nc1nc(-c2ccccc2)c(-c2ccnnc2)c2nn(Cc3ccc(F)cn3)c(=O)n12. The van der Waals surface area contributed by atoms with Crippen molar-refractivity contribution in [1.82, 2.24) is 34.3 Å². The Morgan fingerprint density at radius 3 is 2.52 bits per heavy atom. The van der Waals surface area contributed by atoms with E-state index in [0.717, 1.165) is 11.8 Å². The van der Waals surface area contributed by atoms with Gasteiger partial charge < -0.3 is 5.73 Å². The summed E-state index contributed by atoms with van der Waals surface area (Å²) in [5, 5.41) is 12.3. The molecule has 0 saturated heterocycles. The number of rotatable bonds is 4. The van der Waals surface area contributed by atoms with Gasteiger partial charge in [-0.2, -0.15) is 10.2 Å². The van der Waals surface area contributed by atoms with Gasteiger partial charge in [0.15, 0.2) is 5.65 Å². The molecular formula is C21H15FN8O. The van der Waals surface area contributed by atoms with Gasteiger partial charge in [-0.05, 0) is 18.2 Å². The fourth-order valence-corrected chi connectivity index (χ4v) is 3.37. The summed E-state index contributed by atoms with van der Waals surface area (Å²) in [6, 6.07) is 14.0. The predicted octanol–water partition coefficient (Wildman–Crippen LogP) is 2.18. The second-order valence-corrected chi connectivity index (χ2v) is 6.76. The molecule has 0 amide bonds. The highest BCUT2D eigenvalue weighted by Gasteiger charge is 2.21. The number of halogens is 1. The Hall–Kier alpha value is -4.47. The number of anilines is 1. The molecule has 9 nitrogen and oxygen atoms in total. The Kier molecular flexibility index (Phi) is 4.43. The summed E-state index contributed by atoms with van der Waals surface area (Å²) in [6.07, 6.45) is 4.22. The molecule has 0 radical (unpaired) electrons. The van der Waals surface area contributed by atoms with Gasteiger partial charge in [-0.3, -0.25) is 4.98 Å². The van der Waals surface area contributed by atoms with Crippen molar-refractivity contribution in [3.8, 4) is 22.4 Å². The zero-order chi connectivity index (χ0) is 21.4. The lowest BCUT2D eigenvalue weighted by Crippen LogP contribution is -2.24. The molecule has 5 rings (SSSR count). The van der Waals surface area contributed by atoms with Crippen LogP contribution in [0.1, 0.15) is 5.69 Å². The van der Waals surface area contributed by atoms with Gasteiger partial charge in [-0.15, -0.1) is 5.10 Å². The van der Waals surface area contributed by atoms with Crippen molar-refractivity contribution in [3.63, 3.8) is 0 Å². The third kappa shape index (κ3) is 3.29. The quantitative estimate of drug-likeness (QED) is 0.479. The summed E-state index contributed by atoms with van der Waals surface area (Å²) in [7, 11) is 0. The number of aromatic nitrogens is 7. The van der Waals surface area contributed by atoms with Crippen molar-refractivity contribution in [3.05, 3.63) is 89.1 Å². The topological polar surface area (TPSA) is 117 Å². The van der Waals surface area contributed by atoms with E-state index in [1.54, 1.807) is 18.5 Å². The smallest absolute Gasteiger partial charge is 0.353 e. The van der Waals surface area contributed by atoms with Gasteiger partial charge >= 0.3 is 5.69 Å². The molecule has 1 aromatic carbocycles. The Balaban J connectivity index is 1.78. The van der Waals surface area contributed by atoms with Crippen LogP contribution in [-0.2, 0) is 6.54 Å². The monoisotopic (exact) mass is 414 g/mol. The van der Waals surface area contributed by atoms with Gasteiger partial charge in [0.05, 0.1) is 42.1 Å². The summed E-state index contributed by atoms with van der Waals surface area (Å²) < 4.78 is 15.6. The number of benzene rings is 1. The van der Waals surface area contributed by atoms with Gasteiger partial charge in [-0.1, -0.05) is 30.3 Å². The second-order valence-electron chi connectivity index (χ2n) is 6.76. The van der Waals surface area contributed by atoms with Gasteiger partial charge in [0.25, 0.3) is 0 Å². The molecule has 0 fully saturated rings. The fraction of sp³-hybridized carbons (Fsp3) is 0.0476. The van der Waals surface area contributed by atoms with Crippen molar-refractivity contribution < 1.29 is 4.39 Å². The van der Waals surface area contributed by atoms with Crippen LogP contribution in [0.15, 0.2) is 71.9 Å². The molecule has 4 heterocycles. The Labute approximate surface area is 174 Å². The number of nitrogens with zero attached hydrogens (tertiary/aromatic N) is 7. The number of hydrogen-bond donors (Lipinski definition) is 1. The van der Waals surface area contributed by atoms with Crippen molar-refractivity contribution >= 4 is 11.6 Å². The third-order valence-corrected chi connectivity index (χ3v) is 4.78. The maximum Gasteiger partial charge on any atom is 0.353 e. The minimum Gasteiger partial charge on any atom is -0.369 e. The molecule has 0 unspecified atom stereocenters. The molecule has 31 heavy (non-hydrogen) atoms. The van der Waals surface area contributed by atoms with Crippen LogP contribution in [0.3, 0.4) is 0 Å². The van der Waals surface area contributed by atoms with E-state index in [1.165, 1.54) is 21.2 Å². The average Bonchev–Trinajstić information content (AvgIpc) is 3.12. The van der Waals surface area contributed by atoms with Crippen molar-refractivity contribution in [2.75, 3.05) is 5.73 Å². The summed E-state index contributed by atoms with van der Waals surface area (Å²) in [6.45, 7) is 0.0505. The van der Waals surface area contributed by atoms with Crippen LogP contribution >= 0.6 is 0 Å². The first-order valence-electron chi connectivity index (χ1n) is 9.34. The van der Waals surface area contributed by atoms with E-state index in [2.05, 4.69) is 25.3 Å². The lowest BCUT2D eigenvalue weighted by Gasteiger charge is -2.11. The molecule has 0 spiro atoms. The fourth-order valence-electron chi connectivity index (χ4n) is 3.37. The molecule has 0 bridgehead atoms. The number of hydrogen-bond acceptors (Lipinski definition) is 7. The number of fused-ring (bicyclic) bond motifs is 1. The molecule has 10 heteroatoms. The lowest BCUT2D eigenvalue weighted by molar-refractivity contribution is 0.609. The van der Waals surface area contributed by atoms with Gasteiger partial charge in [0.2, 0.25) is 5.95 Å². The Morgan fingerprint density at radius 1 is 0.968 bits per heavy atom. The zero-order valence-electron chi connectivity index (χ0n) is 16.1. The molecule has 5 aromatic rings. The first-order valence-corrected chi connectivity index (χ1v) is 9.34. The molecule has 0 aliphatic heterocycles. The molecule has 0 aliphatic carbocycles. The van der Waals surface area contributed by atoms with E-state index in [-0.39, 0.29) is 12.5 Å². The molecule has 152 valence electrons. The van der Waals surface area contributed by atoms with E-state index in [1.807, 2.05) is 30.3 Å². The van der Waals surface area contributed by atoms with E-state index in [0.29, 0.717) is 28.2 Å². The van der Waals surface area contributed by atoms with Gasteiger partial charge in [0.1, 0.15) is 5.82 Å². The lowest BCUT2D eigenvalue weighted by atomic mass is 10.0. The highest BCUT2D eigenvalue weighted by atomic mass is 19.1. The Morgan fingerprint density at radius 2 is 1.81 bits per heavy atom. The zero-order valence-corrected chi connectivity index (χ0v) is 16.1. The van der Waals surface area contributed by atoms with Crippen LogP contribution < -0.4 is 11.4 Å². The molecular weight excluding hydrogens is 399 g/mol. The second kappa shape index (κ2) is 7.41. The molecule has 0 atom stereocenters. The van der Waals surface area contributed by atoms with Crippen LogP contribution in [0, 0.1) is 5.82 Å². The first-order chi connectivity index (χ1) is 15.1. The van der Waals surface area contributed by atoms with Crippen molar-refractivity contribution in [1.29, 1.82) is 0 Å². The highest BCUT2D eigenvalue weighted by molar-refractivity contribution is 5.90. The van der Waals surface area contributed by atoms with Gasteiger partial charge in [-0.25, -0.2) is 23.3 Å². The van der Waals surface area contributed by atoms with E-state index in [9.17, 15) is 9.18 Å². The summed E-state index contributed by atoms with van der Waals surface area (Å²) in [4.78, 5) is 21.6.